The molecule has 3 heteroatoms. The lowest BCUT2D eigenvalue weighted by Gasteiger charge is -2.25. The minimum Gasteiger partial charge on any atom is -0.341 e. The molecule has 0 aliphatic carbocycles. The monoisotopic (exact) mass is 189 g/mol. The van der Waals surface area contributed by atoms with E-state index in [-0.39, 0.29) is 5.97 Å². The number of nitrogens with zero attached hydrogens (tertiary/aromatic N) is 1. The summed E-state index contributed by atoms with van der Waals surface area (Å²) in [6.07, 6.45) is 3.99. The van der Waals surface area contributed by atoms with Gasteiger partial charge in [0, 0.05) is 12.5 Å². The molecule has 0 bridgehead atoms. The maximum atomic E-state index is 10.8. The number of rotatable bonds is 1. The van der Waals surface area contributed by atoms with Gasteiger partial charge in [-0.05, 0) is 6.07 Å². The van der Waals surface area contributed by atoms with Crippen LogP contribution in [0.25, 0.3) is 6.08 Å². The lowest BCUT2D eigenvalue weighted by Crippen LogP contribution is -2.28. The largest absolute Gasteiger partial charge is 0.341 e. The summed E-state index contributed by atoms with van der Waals surface area (Å²) in [7, 11) is 0. The minimum absolute atomic E-state index is 0.296. The van der Waals surface area contributed by atoms with Crippen LogP contribution >= 0.6 is 0 Å². The molecule has 72 valence electrons. The molecule has 0 fully saturated rings. The van der Waals surface area contributed by atoms with E-state index in [0.29, 0.717) is 6.54 Å². The van der Waals surface area contributed by atoms with Gasteiger partial charge in [-0.2, -0.15) is 0 Å². The van der Waals surface area contributed by atoms with Gasteiger partial charge in [0.2, 0.25) is 0 Å². The molecule has 0 radical (unpaired) electrons. The summed E-state index contributed by atoms with van der Waals surface area (Å²) < 4.78 is 0. The first-order valence-electron chi connectivity index (χ1n) is 4.49. The second-order valence-electron chi connectivity index (χ2n) is 3.11. The standard InChI is InChI=1S/C11H11NO2/c1-9(13)14-12-8-4-6-10-5-2-3-7-11(10)12/h2-7H,8H2,1H3. The highest BCUT2D eigenvalue weighted by atomic mass is 16.7. The van der Waals surface area contributed by atoms with Crippen molar-refractivity contribution in [3.05, 3.63) is 35.9 Å². The van der Waals surface area contributed by atoms with E-state index >= 15 is 0 Å². The lowest BCUT2D eigenvalue weighted by atomic mass is 10.1. The molecule has 0 saturated carbocycles. The van der Waals surface area contributed by atoms with Crippen LogP contribution in [0, 0.1) is 0 Å². The van der Waals surface area contributed by atoms with Crippen LogP contribution in [0.15, 0.2) is 30.3 Å². The summed E-state index contributed by atoms with van der Waals surface area (Å²) in [5, 5.41) is 1.59. The summed E-state index contributed by atoms with van der Waals surface area (Å²) in [5.41, 5.74) is 2.00. The van der Waals surface area contributed by atoms with E-state index in [1.54, 1.807) is 5.06 Å². The predicted octanol–water partition coefficient (Wildman–Crippen LogP) is 2.00. The second-order valence-corrected chi connectivity index (χ2v) is 3.11. The normalized spacial score (nSPS) is 13.6. The maximum absolute atomic E-state index is 10.8. The Bertz CT molecular complexity index is 385. The first kappa shape index (κ1) is 8.81. The number of para-hydroxylation sites is 1. The molecular formula is C11H11NO2. The SMILES string of the molecule is CC(=O)ON1CC=Cc2ccccc21. The molecule has 1 aliphatic rings. The number of carbonyl (C=O) groups is 1. The Morgan fingerprint density at radius 1 is 1.43 bits per heavy atom. The van der Waals surface area contributed by atoms with Gasteiger partial charge in [-0.15, -0.1) is 0 Å². The second kappa shape index (κ2) is 3.54. The molecule has 0 amide bonds. The molecule has 0 atom stereocenters. The van der Waals surface area contributed by atoms with Crippen LogP contribution < -0.4 is 5.06 Å². The van der Waals surface area contributed by atoms with Crippen molar-refractivity contribution in [1.29, 1.82) is 0 Å². The van der Waals surface area contributed by atoms with Gasteiger partial charge < -0.3 is 4.84 Å². The molecule has 1 aromatic rings. The van der Waals surface area contributed by atoms with Gasteiger partial charge in [0.05, 0.1) is 12.2 Å². The average molecular weight is 189 g/mol. The van der Waals surface area contributed by atoms with E-state index in [1.165, 1.54) is 6.92 Å². The van der Waals surface area contributed by atoms with Crippen LogP contribution in [-0.4, -0.2) is 12.5 Å². The zero-order valence-corrected chi connectivity index (χ0v) is 7.93. The number of benzene rings is 1. The number of carbonyl (C=O) groups excluding carboxylic acids is 1. The summed E-state index contributed by atoms with van der Waals surface area (Å²) in [6.45, 7) is 2.01. The van der Waals surface area contributed by atoms with Crippen molar-refractivity contribution in [1.82, 2.24) is 0 Å². The Kier molecular flexibility index (Phi) is 2.23. The fourth-order valence-electron chi connectivity index (χ4n) is 1.47. The van der Waals surface area contributed by atoms with Crippen LogP contribution in [-0.2, 0) is 9.63 Å². The Morgan fingerprint density at radius 2 is 2.21 bits per heavy atom. The van der Waals surface area contributed by atoms with Crippen LogP contribution in [0.4, 0.5) is 5.69 Å². The van der Waals surface area contributed by atoms with Crippen LogP contribution in [0.2, 0.25) is 0 Å². The van der Waals surface area contributed by atoms with Crippen LogP contribution in [0.1, 0.15) is 12.5 Å². The van der Waals surface area contributed by atoms with E-state index in [2.05, 4.69) is 0 Å². The van der Waals surface area contributed by atoms with Crippen molar-refractivity contribution in [2.75, 3.05) is 11.6 Å². The third kappa shape index (κ3) is 1.62. The molecule has 0 saturated heterocycles. The number of hydrogen-bond acceptors (Lipinski definition) is 3. The van der Waals surface area contributed by atoms with Crippen molar-refractivity contribution in [3.8, 4) is 0 Å². The van der Waals surface area contributed by atoms with E-state index in [0.717, 1.165) is 11.3 Å². The van der Waals surface area contributed by atoms with E-state index in [1.807, 2.05) is 36.4 Å². The minimum atomic E-state index is -0.296. The third-order valence-electron chi connectivity index (χ3n) is 2.01. The van der Waals surface area contributed by atoms with Crippen LogP contribution in [0.3, 0.4) is 0 Å². The molecule has 1 heterocycles. The summed E-state index contributed by atoms with van der Waals surface area (Å²) in [5.74, 6) is -0.296. The summed E-state index contributed by atoms with van der Waals surface area (Å²) >= 11 is 0. The smallest absolute Gasteiger partial charge is 0.329 e. The van der Waals surface area contributed by atoms with Gasteiger partial charge in [0.1, 0.15) is 0 Å². The van der Waals surface area contributed by atoms with Gasteiger partial charge in [0.25, 0.3) is 0 Å². The molecule has 0 aromatic heterocycles. The highest BCUT2D eigenvalue weighted by Gasteiger charge is 2.14. The molecule has 1 aliphatic heterocycles. The molecule has 14 heavy (non-hydrogen) atoms. The topological polar surface area (TPSA) is 29.5 Å². The summed E-state index contributed by atoms with van der Waals surface area (Å²) in [4.78, 5) is 15.9. The first-order chi connectivity index (χ1) is 6.77. The molecule has 0 spiro atoms. The molecule has 2 rings (SSSR count). The van der Waals surface area contributed by atoms with Crippen molar-refractivity contribution >= 4 is 17.7 Å². The van der Waals surface area contributed by atoms with Gasteiger partial charge in [-0.3, -0.25) is 4.79 Å². The van der Waals surface area contributed by atoms with Gasteiger partial charge in [-0.25, -0.2) is 5.06 Å². The highest BCUT2D eigenvalue weighted by Crippen LogP contribution is 2.25. The van der Waals surface area contributed by atoms with Gasteiger partial charge >= 0.3 is 5.97 Å². The Labute approximate surface area is 82.5 Å². The quantitative estimate of drug-likeness (QED) is 0.676. The molecule has 3 nitrogen and oxygen atoms in total. The first-order valence-corrected chi connectivity index (χ1v) is 4.49. The molecular weight excluding hydrogens is 178 g/mol. The third-order valence-corrected chi connectivity index (χ3v) is 2.01. The van der Waals surface area contributed by atoms with E-state index in [9.17, 15) is 4.79 Å². The summed E-state index contributed by atoms with van der Waals surface area (Å²) in [6, 6.07) is 7.80. The molecule has 0 unspecified atom stereocenters. The number of hydroxylamine groups is 1. The van der Waals surface area contributed by atoms with Crippen molar-refractivity contribution < 1.29 is 9.63 Å². The number of hydrogen-bond donors (Lipinski definition) is 0. The van der Waals surface area contributed by atoms with Crippen LogP contribution in [0.5, 0.6) is 0 Å². The fourth-order valence-corrected chi connectivity index (χ4v) is 1.47. The Hall–Kier alpha value is -1.77. The zero-order valence-electron chi connectivity index (χ0n) is 7.93. The predicted molar refractivity (Wildman–Crippen MR) is 54.6 cm³/mol. The van der Waals surface area contributed by atoms with E-state index < -0.39 is 0 Å². The Balaban J connectivity index is 2.31. The number of anilines is 1. The Morgan fingerprint density at radius 3 is 3.00 bits per heavy atom. The highest BCUT2D eigenvalue weighted by molar-refractivity contribution is 5.73. The molecule has 1 aromatic carbocycles. The maximum Gasteiger partial charge on any atom is 0.329 e. The molecule has 0 N–H and O–H groups in total. The number of fused-ring (bicyclic) bond motifs is 1. The van der Waals surface area contributed by atoms with Crippen molar-refractivity contribution in [2.24, 2.45) is 0 Å². The lowest BCUT2D eigenvalue weighted by molar-refractivity contribution is -0.142. The average Bonchev–Trinajstić information content (AvgIpc) is 2.18. The van der Waals surface area contributed by atoms with Crippen molar-refractivity contribution in [3.63, 3.8) is 0 Å². The van der Waals surface area contributed by atoms with Gasteiger partial charge in [0.15, 0.2) is 0 Å². The fraction of sp³-hybridized carbons (Fsp3) is 0.182. The zero-order chi connectivity index (χ0) is 9.97. The van der Waals surface area contributed by atoms with E-state index in [4.69, 9.17) is 4.84 Å². The van der Waals surface area contributed by atoms with Gasteiger partial charge in [-0.1, -0.05) is 30.4 Å². The van der Waals surface area contributed by atoms with Crippen molar-refractivity contribution in [2.45, 2.75) is 6.92 Å².